The number of rotatable bonds is 10. The largest absolute Gasteiger partial charge is 0.393 e. The number of nitrogens with zero attached hydrogens (tertiary/aromatic N) is 4. The average Bonchev–Trinajstić information content (AvgIpc) is 2.79. The van der Waals surface area contributed by atoms with Crippen LogP contribution in [0, 0.1) is 0 Å². The van der Waals surface area contributed by atoms with E-state index in [9.17, 15) is 13.9 Å². The minimum atomic E-state index is -0.969. The molecule has 0 bridgehead atoms. The van der Waals surface area contributed by atoms with E-state index < -0.39 is 12.8 Å². The molecule has 1 fully saturated rings. The Morgan fingerprint density at radius 3 is 2.74 bits per heavy atom. The summed E-state index contributed by atoms with van der Waals surface area (Å²) >= 11 is 0. The Morgan fingerprint density at radius 1 is 1.26 bits per heavy atom. The van der Waals surface area contributed by atoms with Crippen molar-refractivity contribution in [3.8, 4) is 11.3 Å². The first-order valence-corrected chi connectivity index (χ1v) is 10.9. The van der Waals surface area contributed by atoms with Crippen molar-refractivity contribution in [1.82, 2.24) is 15.0 Å². The van der Waals surface area contributed by atoms with Gasteiger partial charge >= 0.3 is 0 Å². The summed E-state index contributed by atoms with van der Waals surface area (Å²) in [4.78, 5) is 15.3. The Hall–Kier alpha value is -2.55. The number of aliphatic hydroxyl groups excluding tert-OH is 1. The zero-order valence-electron chi connectivity index (χ0n) is 18.2. The molecule has 0 unspecified atom stereocenters. The van der Waals surface area contributed by atoms with Crippen molar-refractivity contribution in [1.29, 1.82) is 0 Å². The molecule has 0 saturated heterocycles. The molecule has 0 aromatic carbocycles. The predicted molar refractivity (Wildman–Crippen MR) is 120 cm³/mol. The molecule has 2 aromatic rings. The van der Waals surface area contributed by atoms with E-state index in [1.54, 1.807) is 19.3 Å². The lowest BCUT2D eigenvalue weighted by Crippen LogP contribution is -2.29. The number of aliphatic hydroxyl groups is 1. The first-order chi connectivity index (χ1) is 15.0. The molecular formula is C22H32F2N6O. The molecule has 2 aromatic heterocycles. The molecule has 0 radical (unpaired) electrons. The van der Waals surface area contributed by atoms with Gasteiger partial charge in [0.25, 0.3) is 0 Å². The van der Waals surface area contributed by atoms with Gasteiger partial charge in [-0.1, -0.05) is 6.92 Å². The molecule has 3 rings (SSSR count). The smallest absolute Gasteiger partial charge is 0.224 e. The monoisotopic (exact) mass is 434 g/mol. The van der Waals surface area contributed by atoms with Crippen molar-refractivity contribution in [2.24, 2.45) is 0 Å². The van der Waals surface area contributed by atoms with Crippen LogP contribution >= 0.6 is 0 Å². The lowest BCUT2D eigenvalue weighted by molar-refractivity contribution is 0.126. The summed E-state index contributed by atoms with van der Waals surface area (Å²) in [6.45, 7) is 1.79. The summed E-state index contributed by atoms with van der Waals surface area (Å²) in [6, 6.07) is 3.88. The summed E-state index contributed by atoms with van der Waals surface area (Å²) in [7, 11) is 1.83. The molecule has 2 heterocycles. The van der Waals surface area contributed by atoms with Gasteiger partial charge in [0.15, 0.2) is 0 Å². The van der Waals surface area contributed by atoms with Crippen molar-refractivity contribution in [3.63, 3.8) is 0 Å². The molecule has 7 nitrogen and oxygen atoms in total. The summed E-state index contributed by atoms with van der Waals surface area (Å²) in [5.41, 5.74) is 2.24. The Bertz CT molecular complexity index is 831. The van der Waals surface area contributed by atoms with Gasteiger partial charge in [-0.15, -0.1) is 0 Å². The lowest BCUT2D eigenvalue weighted by atomic mass is 9.93. The van der Waals surface area contributed by atoms with Gasteiger partial charge in [-0.3, -0.25) is 4.98 Å². The minimum absolute atomic E-state index is 0.146. The van der Waals surface area contributed by atoms with Crippen LogP contribution in [-0.4, -0.2) is 65.2 Å². The second kappa shape index (κ2) is 11.2. The average molecular weight is 435 g/mol. The van der Waals surface area contributed by atoms with Crippen molar-refractivity contribution >= 4 is 17.5 Å². The fraction of sp³-hybridized carbons (Fsp3) is 0.591. The van der Waals surface area contributed by atoms with Crippen molar-refractivity contribution < 1.29 is 13.9 Å². The number of pyridine rings is 1. The van der Waals surface area contributed by atoms with Crippen molar-refractivity contribution in [2.45, 2.75) is 57.3 Å². The Kier molecular flexibility index (Phi) is 8.34. The zero-order valence-corrected chi connectivity index (χ0v) is 18.2. The van der Waals surface area contributed by atoms with E-state index in [1.807, 2.05) is 24.1 Å². The third kappa shape index (κ3) is 6.46. The van der Waals surface area contributed by atoms with Gasteiger partial charge in [-0.2, -0.15) is 4.98 Å². The van der Waals surface area contributed by atoms with Crippen molar-refractivity contribution in [2.75, 3.05) is 42.3 Å². The molecule has 1 aliphatic carbocycles. The summed E-state index contributed by atoms with van der Waals surface area (Å²) in [6.07, 6.45) is 5.71. The van der Waals surface area contributed by atoms with Gasteiger partial charge in [0.05, 0.1) is 17.4 Å². The summed E-state index contributed by atoms with van der Waals surface area (Å²) in [5.74, 6) is 0.965. The van der Waals surface area contributed by atoms with Gasteiger partial charge in [0.1, 0.15) is 18.7 Å². The standard InChI is InChI=1S/C22H32F2N6O/c1-3-15(24)13-26-22-27-14-19(20-12-17(8-10-25-20)30(2)11-9-23)21(29-22)28-16-4-6-18(31)7-5-16/h8,10,12,14-16,18,31H,3-7,9,11,13H2,1-2H3,(H2,26,27,28,29)/t15-,16-,18-/m0/s1. The highest BCUT2D eigenvalue weighted by atomic mass is 19.1. The van der Waals surface area contributed by atoms with Gasteiger partial charge in [-0.05, 0) is 44.2 Å². The van der Waals surface area contributed by atoms with Crippen LogP contribution in [0.5, 0.6) is 0 Å². The molecule has 9 heteroatoms. The number of nitrogens with one attached hydrogen (secondary N) is 2. The van der Waals surface area contributed by atoms with Gasteiger partial charge in [0.2, 0.25) is 5.95 Å². The first-order valence-electron chi connectivity index (χ1n) is 10.9. The van der Waals surface area contributed by atoms with Crippen LogP contribution in [0.15, 0.2) is 24.5 Å². The van der Waals surface area contributed by atoms with Crippen LogP contribution in [0.1, 0.15) is 39.0 Å². The molecular weight excluding hydrogens is 402 g/mol. The third-order valence-corrected chi connectivity index (χ3v) is 5.63. The quantitative estimate of drug-likeness (QED) is 0.524. The third-order valence-electron chi connectivity index (χ3n) is 5.63. The highest BCUT2D eigenvalue weighted by Crippen LogP contribution is 2.30. The molecule has 0 spiro atoms. The van der Waals surface area contributed by atoms with Crippen LogP contribution < -0.4 is 15.5 Å². The number of hydrogen-bond donors (Lipinski definition) is 3. The normalized spacial score (nSPS) is 19.6. The lowest BCUT2D eigenvalue weighted by Gasteiger charge is -2.27. The maximum atomic E-state index is 13.7. The fourth-order valence-corrected chi connectivity index (χ4v) is 3.58. The van der Waals surface area contributed by atoms with E-state index in [4.69, 9.17) is 0 Å². The Balaban J connectivity index is 1.88. The number of halogens is 2. The highest BCUT2D eigenvalue weighted by molar-refractivity contribution is 5.75. The molecule has 1 saturated carbocycles. The highest BCUT2D eigenvalue weighted by Gasteiger charge is 2.22. The SMILES string of the molecule is CC[C@H](F)CNc1ncc(-c2cc(N(C)CCF)ccn2)c(N[C@H]2CC[C@H](O)CC2)n1. The number of hydrogen-bond acceptors (Lipinski definition) is 7. The predicted octanol–water partition coefficient (Wildman–Crippen LogP) is 3.82. The van der Waals surface area contributed by atoms with Crippen LogP contribution in [0.2, 0.25) is 0 Å². The van der Waals surface area contributed by atoms with Crippen LogP contribution in [0.3, 0.4) is 0 Å². The molecule has 170 valence electrons. The number of aromatic nitrogens is 3. The fourth-order valence-electron chi connectivity index (χ4n) is 3.58. The van der Waals surface area contributed by atoms with E-state index >= 15 is 0 Å². The van der Waals surface area contributed by atoms with E-state index in [-0.39, 0.29) is 18.7 Å². The van der Waals surface area contributed by atoms with E-state index in [1.165, 1.54) is 0 Å². The van der Waals surface area contributed by atoms with Gasteiger partial charge in [0, 0.05) is 44.3 Å². The van der Waals surface area contributed by atoms with E-state index in [0.717, 1.165) is 36.9 Å². The minimum Gasteiger partial charge on any atom is -0.393 e. The Labute approximate surface area is 182 Å². The first kappa shape index (κ1) is 23.1. The molecule has 3 N–H and O–H groups in total. The molecule has 1 aliphatic rings. The topological polar surface area (TPSA) is 86.2 Å². The molecule has 0 aliphatic heterocycles. The second-order valence-electron chi connectivity index (χ2n) is 8.00. The second-order valence-corrected chi connectivity index (χ2v) is 8.00. The summed E-state index contributed by atoms with van der Waals surface area (Å²) < 4.78 is 26.4. The van der Waals surface area contributed by atoms with Crippen LogP contribution in [-0.2, 0) is 0 Å². The van der Waals surface area contributed by atoms with Gasteiger partial charge < -0.3 is 20.6 Å². The molecule has 1 atom stereocenters. The number of anilines is 3. The Morgan fingerprint density at radius 2 is 2.03 bits per heavy atom. The van der Waals surface area contributed by atoms with Crippen LogP contribution in [0.4, 0.5) is 26.2 Å². The van der Waals surface area contributed by atoms with E-state index in [0.29, 0.717) is 30.4 Å². The van der Waals surface area contributed by atoms with Gasteiger partial charge in [-0.25, -0.2) is 13.8 Å². The molecule has 31 heavy (non-hydrogen) atoms. The maximum absolute atomic E-state index is 13.7. The molecule has 0 amide bonds. The van der Waals surface area contributed by atoms with Crippen molar-refractivity contribution in [3.05, 3.63) is 24.5 Å². The van der Waals surface area contributed by atoms with E-state index in [2.05, 4.69) is 25.6 Å². The zero-order chi connectivity index (χ0) is 22.2. The summed E-state index contributed by atoms with van der Waals surface area (Å²) in [5, 5.41) is 16.2. The number of alkyl halides is 2. The maximum Gasteiger partial charge on any atom is 0.224 e. The van der Waals surface area contributed by atoms with Crippen LogP contribution in [0.25, 0.3) is 11.3 Å².